The molecule has 1 aromatic rings. The Hall–Kier alpha value is -0.940. The van der Waals surface area contributed by atoms with Crippen LogP contribution in [0, 0.1) is 5.92 Å². The number of hydrogen-bond acceptors (Lipinski definition) is 4. The monoisotopic (exact) mass is 253 g/mol. The zero-order valence-corrected chi connectivity index (χ0v) is 11.9. The van der Waals surface area contributed by atoms with E-state index in [0.717, 1.165) is 18.7 Å². The first-order chi connectivity index (χ1) is 8.78. The Morgan fingerprint density at radius 2 is 1.89 bits per heavy atom. The van der Waals surface area contributed by atoms with Gasteiger partial charge < -0.3 is 0 Å². The van der Waals surface area contributed by atoms with E-state index < -0.39 is 0 Å². The molecular weight excluding hydrogens is 226 g/mol. The summed E-state index contributed by atoms with van der Waals surface area (Å²) in [6, 6.07) is 0.159. The summed E-state index contributed by atoms with van der Waals surface area (Å²) in [6.45, 7) is 7.49. The van der Waals surface area contributed by atoms with Gasteiger partial charge in [-0.15, -0.1) is 5.10 Å². The number of rotatable bonds is 9. The third-order valence-corrected chi connectivity index (χ3v) is 3.37. The van der Waals surface area contributed by atoms with Crippen LogP contribution in [0.4, 0.5) is 0 Å². The van der Waals surface area contributed by atoms with Crippen molar-refractivity contribution in [1.82, 2.24) is 20.4 Å². The average molecular weight is 253 g/mol. The van der Waals surface area contributed by atoms with Gasteiger partial charge in [0.25, 0.3) is 0 Å². The molecule has 0 fully saturated rings. The van der Waals surface area contributed by atoms with Crippen molar-refractivity contribution in [1.29, 1.82) is 0 Å². The lowest BCUT2D eigenvalue weighted by atomic mass is 9.89. The molecular formula is C13H27N5. The summed E-state index contributed by atoms with van der Waals surface area (Å²) in [6.07, 6.45) is 7.62. The SMILES string of the molecule is CCCC(CCC)C(NN)c1cnnn1CCC. The number of nitrogens with two attached hydrogens (primary N) is 1. The fourth-order valence-electron chi connectivity index (χ4n) is 2.57. The molecule has 1 heterocycles. The summed E-state index contributed by atoms with van der Waals surface area (Å²) in [7, 11) is 0. The topological polar surface area (TPSA) is 68.8 Å². The summed E-state index contributed by atoms with van der Waals surface area (Å²) in [4.78, 5) is 0. The Balaban J connectivity index is 2.87. The van der Waals surface area contributed by atoms with E-state index in [0.29, 0.717) is 5.92 Å². The van der Waals surface area contributed by atoms with Gasteiger partial charge >= 0.3 is 0 Å². The summed E-state index contributed by atoms with van der Waals surface area (Å²) in [5, 5.41) is 8.18. The third-order valence-electron chi connectivity index (χ3n) is 3.37. The summed E-state index contributed by atoms with van der Waals surface area (Å²) in [5.41, 5.74) is 4.09. The molecule has 0 aliphatic rings. The lowest BCUT2D eigenvalue weighted by Crippen LogP contribution is -2.35. The van der Waals surface area contributed by atoms with Crippen molar-refractivity contribution in [3.8, 4) is 0 Å². The molecule has 5 nitrogen and oxygen atoms in total. The van der Waals surface area contributed by atoms with Crippen LogP contribution < -0.4 is 11.3 Å². The van der Waals surface area contributed by atoms with E-state index in [9.17, 15) is 0 Å². The largest absolute Gasteiger partial charge is 0.271 e. The third kappa shape index (κ3) is 3.78. The number of nitrogens with zero attached hydrogens (tertiary/aromatic N) is 3. The summed E-state index contributed by atoms with van der Waals surface area (Å²) in [5.74, 6) is 6.33. The fourth-order valence-corrected chi connectivity index (χ4v) is 2.57. The van der Waals surface area contributed by atoms with Crippen molar-refractivity contribution in [2.24, 2.45) is 11.8 Å². The summed E-state index contributed by atoms with van der Waals surface area (Å²) >= 11 is 0. The number of nitrogens with one attached hydrogen (secondary N) is 1. The second-order valence-electron chi connectivity index (χ2n) is 4.86. The molecule has 0 aliphatic carbocycles. The van der Waals surface area contributed by atoms with Crippen molar-refractivity contribution in [2.45, 2.75) is 65.5 Å². The average Bonchev–Trinajstić information content (AvgIpc) is 2.80. The maximum absolute atomic E-state index is 5.77. The molecule has 1 aromatic heterocycles. The van der Waals surface area contributed by atoms with Crippen molar-refractivity contribution in [3.63, 3.8) is 0 Å². The Labute approximate surface area is 110 Å². The van der Waals surface area contributed by atoms with Gasteiger partial charge in [-0.05, 0) is 25.2 Å². The first-order valence-electron chi connectivity index (χ1n) is 7.12. The molecule has 1 atom stereocenters. The highest BCUT2D eigenvalue weighted by Gasteiger charge is 2.24. The molecule has 1 rings (SSSR count). The lowest BCUT2D eigenvalue weighted by Gasteiger charge is -2.26. The number of aryl methyl sites for hydroxylation is 1. The molecule has 3 N–H and O–H groups in total. The Bertz CT molecular complexity index is 317. The van der Waals surface area contributed by atoms with Crippen LogP contribution in [0.5, 0.6) is 0 Å². The highest BCUT2D eigenvalue weighted by Crippen LogP contribution is 2.28. The van der Waals surface area contributed by atoms with E-state index in [2.05, 4.69) is 36.5 Å². The normalized spacial score (nSPS) is 13.2. The molecule has 0 aliphatic heterocycles. The molecule has 0 aromatic carbocycles. The first kappa shape index (κ1) is 15.1. The van der Waals surface area contributed by atoms with Crippen molar-refractivity contribution >= 4 is 0 Å². The van der Waals surface area contributed by atoms with E-state index in [1.165, 1.54) is 25.7 Å². The molecule has 0 amide bonds. The Kier molecular flexibility index (Phi) is 6.90. The van der Waals surface area contributed by atoms with E-state index in [1.807, 2.05) is 10.9 Å². The Morgan fingerprint density at radius 3 is 2.39 bits per heavy atom. The Morgan fingerprint density at radius 1 is 1.22 bits per heavy atom. The molecule has 0 spiro atoms. The van der Waals surface area contributed by atoms with Crippen LogP contribution in [0.1, 0.15) is 64.6 Å². The van der Waals surface area contributed by atoms with Crippen LogP contribution in [0.3, 0.4) is 0 Å². The minimum Gasteiger partial charge on any atom is -0.271 e. The number of hydrogen-bond donors (Lipinski definition) is 2. The zero-order valence-electron chi connectivity index (χ0n) is 11.9. The summed E-state index contributed by atoms with van der Waals surface area (Å²) < 4.78 is 1.98. The van der Waals surface area contributed by atoms with Gasteiger partial charge in [-0.1, -0.05) is 38.8 Å². The maximum Gasteiger partial charge on any atom is 0.0772 e. The minimum absolute atomic E-state index is 0.159. The van der Waals surface area contributed by atoms with Crippen LogP contribution in [-0.2, 0) is 6.54 Å². The molecule has 1 unspecified atom stereocenters. The predicted molar refractivity (Wildman–Crippen MR) is 73.7 cm³/mol. The molecule has 0 radical (unpaired) electrons. The quantitative estimate of drug-likeness (QED) is 0.524. The van der Waals surface area contributed by atoms with Crippen molar-refractivity contribution in [3.05, 3.63) is 11.9 Å². The maximum atomic E-state index is 5.77. The van der Waals surface area contributed by atoms with E-state index >= 15 is 0 Å². The van der Waals surface area contributed by atoms with Gasteiger partial charge in [0.05, 0.1) is 17.9 Å². The molecule has 0 saturated heterocycles. The minimum atomic E-state index is 0.159. The smallest absolute Gasteiger partial charge is 0.0772 e. The van der Waals surface area contributed by atoms with Crippen molar-refractivity contribution < 1.29 is 0 Å². The van der Waals surface area contributed by atoms with Gasteiger partial charge in [0.2, 0.25) is 0 Å². The van der Waals surface area contributed by atoms with Gasteiger partial charge in [0, 0.05) is 6.54 Å². The van der Waals surface area contributed by atoms with Gasteiger partial charge in [-0.2, -0.15) is 0 Å². The van der Waals surface area contributed by atoms with Gasteiger partial charge in [-0.3, -0.25) is 11.3 Å². The van der Waals surface area contributed by atoms with Gasteiger partial charge in [0.1, 0.15) is 0 Å². The molecule has 104 valence electrons. The second-order valence-corrected chi connectivity index (χ2v) is 4.86. The van der Waals surface area contributed by atoms with E-state index in [1.54, 1.807) is 0 Å². The lowest BCUT2D eigenvalue weighted by molar-refractivity contribution is 0.302. The van der Waals surface area contributed by atoms with Crippen LogP contribution in [0.2, 0.25) is 0 Å². The van der Waals surface area contributed by atoms with E-state index in [-0.39, 0.29) is 6.04 Å². The van der Waals surface area contributed by atoms with Gasteiger partial charge in [0.15, 0.2) is 0 Å². The first-order valence-corrected chi connectivity index (χ1v) is 7.12. The highest BCUT2D eigenvalue weighted by atomic mass is 15.4. The number of hydrazine groups is 1. The van der Waals surface area contributed by atoms with Crippen LogP contribution in [0.15, 0.2) is 6.20 Å². The fraction of sp³-hybridized carbons (Fsp3) is 0.846. The highest BCUT2D eigenvalue weighted by molar-refractivity contribution is 5.04. The van der Waals surface area contributed by atoms with Crippen LogP contribution in [-0.4, -0.2) is 15.0 Å². The second kappa shape index (κ2) is 8.21. The number of aromatic nitrogens is 3. The predicted octanol–water partition coefficient (Wildman–Crippen LogP) is 2.41. The zero-order chi connectivity index (χ0) is 13.4. The van der Waals surface area contributed by atoms with Gasteiger partial charge in [-0.25, -0.2) is 4.68 Å². The molecule has 0 bridgehead atoms. The van der Waals surface area contributed by atoms with Crippen molar-refractivity contribution in [2.75, 3.05) is 0 Å². The molecule has 0 saturated carbocycles. The molecule has 18 heavy (non-hydrogen) atoms. The molecule has 5 heteroatoms. The standard InChI is InChI=1S/C13H27N5/c1-4-7-11(8-5-2)13(16-14)12-10-15-17-18(12)9-6-3/h10-11,13,16H,4-9,14H2,1-3H3. The van der Waals surface area contributed by atoms with Crippen LogP contribution >= 0.6 is 0 Å². The van der Waals surface area contributed by atoms with E-state index in [4.69, 9.17) is 5.84 Å². The van der Waals surface area contributed by atoms with Crippen LogP contribution in [0.25, 0.3) is 0 Å².